The van der Waals surface area contributed by atoms with Gasteiger partial charge in [-0.3, -0.25) is 15.0 Å². The van der Waals surface area contributed by atoms with Crippen molar-refractivity contribution in [1.82, 2.24) is 15.3 Å². The Balaban J connectivity index is 1.88. The molecule has 1 amide bonds. The minimum Gasteiger partial charge on any atom is -0.481 e. The highest BCUT2D eigenvalue weighted by molar-refractivity contribution is 9.10. The van der Waals surface area contributed by atoms with Gasteiger partial charge in [-0.05, 0) is 28.1 Å². The number of carbonyl (C=O) groups is 2. The molecule has 9 heteroatoms. The molecule has 0 aliphatic heterocycles. The smallest absolute Gasteiger partial charge is 0.305 e. The first kappa shape index (κ1) is 18.6. The Kier molecular flexibility index (Phi) is 5.22. The van der Waals surface area contributed by atoms with Crippen molar-refractivity contribution in [3.8, 4) is 11.4 Å². The molecule has 8 nitrogen and oxygen atoms in total. The Labute approximate surface area is 162 Å². The fourth-order valence-corrected chi connectivity index (χ4v) is 3.08. The number of carbonyl (C=O) groups excluding carboxylic acids is 1. The third-order valence-electron chi connectivity index (χ3n) is 3.90. The first-order valence-electron chi connectivity index (χ1n) is 7.99. The number of halogens is 1. The first-order valence-corrected chi connectivity index (χ1v) is 8.78. The number of aromatic amines is 1. The topological polar surface area (TPSA) is 145 Å². The van der Waals surface area contributed by atoms with E-state index < -0.39 is 5.97 Å². The SMILES string of the molecule is N=C(N)c1ccc(-c2nc3c(Br)cc(C(=O)NCCC(=O)O)cc3[nH]2)cc1. The van der Waals surface area contributed by atoms with Crippen molar-refractivity contribution in [2.24, 2.45) is 5.73 Å². The van der Waals surface area contributed by atoms with Crippen LogP contribution in [0.15, 0.2) is 40.9 Å². The molecule has 3 rings (SSSR count). The van der Waals surface area contributed by atoms with E-state index in [4.69, 9.17) is 16.2 Å². The number of aromatic nitrogens is 2. The first-order chi connectivity index (χ1) is 12.8. The molecule has 0 saturated heterocycles. The number of amidine groups is 1. The maximum Gasteiger partial charge on any atom is 0.305 e. The molecule has 0 spiro atoms. The Morgan fingerprint density at radius 2 is 1.93 bits per heavy atom. The zero-order chi connectivity index (χ0) is 19.6. The van der Waals surface area contributed by atoms with E-state index in [1.807, 2.05) is 12.1 Å². The highest BCUT2D eigenvalue weighted by Gasteiger charge is 2.14. The quantitative estimate of drug-likeness (QED) is 0.301. The number of benzene rings is 2. The second-order valence-electron chi connectivity index (χ2n) is 5.83. The molecular weight excluding hydrogens is 414 g/mol. The van der Waals surface area contributed by atoms with Crippen LogP contribution >= 0.6 is 15.9 Å². The lowest BCUT2D eigenvalue weighted by molar-refractivity contribution is -0.136. The zero-order valence-electron chi connectivity index (χ0n) is 14.0. The van der Waals surface area contributed by atoms with Crippen LogP contribution in [0.4, 0.5) is 0 Å². The molecule has 2 aromatic carbocycles. The number of H-pyrrole nitrogens is 1. The Morgan fingerprint density at radius 1 is 1.22 bits per heavy atom. The van der Waals surface area contributed by atoms with Gasteiger partial charge < -0.3 is 21.1 Å². The van der Waals surface area contributed by atoms with Gasteiger partial charge in [-0.1, -0.05) is 24.3 Å². The maximum atomic E-state index is 12.2. The number of carboxylic acids is 1. The minimum absolute atomic E-state index is 0.00699. The van der Waals surface area contributed by atoms with Gasteiger partial charge in [0.1, 0.15) is 17.2 Å². The van der Waals surface area contributed by atoms with Gasteiger partial charge >= 0.3 is 5.97 Å². The number of nitrogens with one attached hydrogen (secondary N) is 3. The van der Waals surface area contributed by atoms with E-state index in [1.165, 1.54) is 0 Å². The second kappa shape index (κ2) is 7.58. The zero-order valence-corrected chi connectivity index (χ0v) is 15.6. The van der Waals surface area contributed by atoms with E-state index in [0.29, 0.717) is 32.5 Å². The molecule has 0 radical (unpaired) electrons. The third-order valence-corrected chi connectivity index (χ3v) is 4.50. The number of nitrogens with zero attached hydrogens (tertiary/aromatic N) is 1. The van der Waals surface area contributed by atoms with Crippen molar-refractivity contribution < 1.29 is 14.7 Å². The van der Waals surface area contributed by atoms with Gasteiger partial charge in [-0.25, -0.2) is 4.98 Å². The molecule has 0 aliphatic rings. The van der Waals surface area contributed by atoms with Crippen LogP contribution in [0.3, 0.4) is 0 Å². The molecule has 0 aliphatic carbocycles. The van der Waals surface area contributed by atoms with Gasteiger partial charge in [-0.15, -0.1) is 0 Å². The van der Waals surface area contributed by atoms with Gasteiger partial charge in [0.05, 0.1) is 11.9 Å². The summed E-state index contributed by atoms with van der Waals surface area (Å²) in [5.41, 5.74) is 8.63. The van der Waals surface area contributed by atoms with Crippen molar-refractivity contribution in [2.75, 3.05) is 6.54 Å². The lowest BCUT2D eigenvalue weighted by atomic mass is 10.1. The predicted octanol–water partition coefficient (Wildman–Crippen LogP) is 2.48. The summed E-state index contributed by atoms with van der Waals surface area (Å²) >= 11 is 3.42. The number of nitrogen functional groups attached to an aromatic ring is 1. The Bertz CT molecular complexity index is 1040. The molecule has 27 heavy (non-hydrogen) atoms. The molecule has 0 bridgehead atoms. The number of rotatable bonds is 6. The van der Waals surface area contributed by atoms with Crippen LogP contribution in [0, 0.1) is 5.41 Å². The summed E-state index contributed by atoms with van der Waals surface area (Å²) in [5, 5.41) is 18.7. The minimum atomic E-state index is -0.971. The van der Waals surface area contributed by atoms with E-state index in [1.54, 1.807) is 24.3 Å². The summed E-state index contributed by atoms with van der Waals surface area (Å²) < 4.78 is 0.645. The lowest BCUT2D eigenvalue weighted by Gasteiger charge is -2.04. The van der Waals surface area contributed by atoms with E-state index in [9.17, 15) is 9.59 Å². The van der Waals surface area contributed by atoms with Crippen LogP contribution < -0.4 is 11.1 Å². The van der Waals surface area contributed by atoms with Gasteiger partial charge in [0.2, 0.25) is 0 Å². The van der Waals surface area contributed by atoms with Crippen molar-refractivity contribution in [1.29, 1.82) is 5.41 Å². The molecule has 1 heterocycles. The van der Waals surface area contributed by atoms with Gasteiger partial charge in [0.15, 0.2) is 0 Å². The molecule has 3 aromatic rings. The largest absolute Gasteiger partial charge is 0.481 e. The van der Waals surface area contributed by atoms with Crippen LogP contribution in [0.5, 0.6) is 0 Å². The average Bonchev–Trinajstić information content (AvgIpc) is 3.06. The number of imidazole rings is 1. The predicted molar refractivity (Wildman–Crippen MR) is 105 cm³/mol. The molecule has 1 aromatic heterocycles. The molecule has 0 unspecified atom stereocenters. The lowest BCUT2D eigenvalue weighted by Crippen LogP contribution is -2.25. The van der Waals surface area contributed by atoms with Crippen molar-refractivity contribution in [3.05, 3.63) is 52.0 Å². The van der Waals surface area contributed by atoms with Crippen molar-refractivity contribution in [3.63, 3.8) is 0 Å². The van der Waals surface area contributed by atoms with E-state index >= 15 is 0 Å². The molecule has 138 valence electrons. The molecule has 6 N–H and O–H groups in total. The maximum absolute atomic E-state index is 12.2. The normalized spacial score (nSPS) is 10.7. The molecular formula is C18H16BrN5O3. The fourth-order valence-electron chi connectivity index (χ4n) is 2.54. The van der Waals surface area contributed by atoms with Crippen LogP contribution in [0.2, 0.25) is 0 Å². The summed E-state index contributed by atoms with van der Waals surface area (Å²) in [4.78, 5) is 30.5. The summed E-state index contributed by atoms with van der Waals surface area (Å²) in [6.07, 6.45) is -0.139. The van der Waals surface area contributed by atoms with Crippen LogP contribution in [-0.4, -0.2) is 39.3 Å². The fraction of sp³-hybridized carbons (Fsp3) is 0.111. The summed E-state index contributed by atoms with van der Waals surface area (Å²) in [6, 6.07) is 10.4. The number of amides is 1. The highest BCUT2D eigenvalue weighted by Crippen LogP contribution is 2.27. The van der Waals surface area contributed by atoms with Crippen molar-refractivity contribution >= 4 is 44.7 Å². The number of carboxylic acid groups (broad SMARTS) is 1. The number of hydrogen-bond acceptors (Lipinski definition) is 4. The number of aliphatic carboxylic acids is 1. The highest BCUT2D eigenvalue weighted by atomic mass is 79.9. The summed E-state index contributed by atoms with van der Waals surface area (Å²) in [7, 11) is 0. The van der Waals surface area contributed by atoms with Crippen LogP contribution in [-0.2, 0) is 4.79 Å². The van der Waals surface area contributed by atoms with E-state index in [0.717, 1.165) is 5.56 Å². The Hall–Kier alpha value is -3.20. The number of nitrogens with two attached hydrogens (primary N) is 1. The summed E-state index contributed by atoms with van der Waals surface area (Å²) in [6.45, 7) is 0.0561. The standard InChI is InChI=1S/C18H16BrN5O3/c19-12-7-11(18(27)22-6-5-14(25)26)8-13-15(12)24-17(23-13)10-3-1-9(2-4-10)16(20)21/h1-4,7-8H,5-6H2,(H3,20,21)(H,22,27)(H,23,24)(H,25,26). The van der Waals surface area contributed by atoms with Crippen molar-refractivity contribution in [2.45, 2.75) is 6.42 Å². The molecule has 0 fully saturated rings. The monoisotopic (exact) mass is 429 g/mol. The van der Waals surface area contributed by atoms with Gasteiger partial charge in [0, 0.05) is 27.7 Å². The average molecular weight is 430 g/mol. The number of fused-ring (bicyclic) bond motifs is 1. The summed E-state index contributed by atoms with van der Waals surface area (Å²) in [5.74, 6) is -0.724. The van der Waals surface area contributed by atoms with Crippen LogP contribution in [0.25, 0.3) is 22.4 Å². The Morgan fingerprint density at radius 3 is 2.56 bits per heavy atom. The van der Waals surface area contributed by atoms with Gasteiger partial charge in [-0.2, -0.15) is 0 Å². The number of hydrogen-bond donors (Lipinski definition) is 5. The van der Waals surface area contributed by atoms with E-state index in [-0.39, 0.29) is 24.7 Å². The van der Waals surface area contributed by atoms with E-state index in [2.05, 4.69) is 31.2 Å². The third kappa shape index (κ3) is 4.14. The second-order valence-corrected chi connectivity index (χ2v) is 6.68. The van der Waals surface area contributed by atoms with Crippen LogP contribution in [0.1, 0.15) is 22.3 Å². The molecule has 0 atom stereocenters. The van der Waals surface area contributed by atoms with Gasteiger partial charge in [0.25, 0.3) is 5.91 Å². The molecule has 0 saturated carbocycles.